The van der Waals surface area contributed by atoms with Crippen LogP contribution in [-0.2, 0) is 0 Å². The molecular weight excluding hydrogens is 369 g/mol. The van der Waals surface area contributed by atoms with Crippen LogP contribution in [0.3, 0.4) is 0 Å². The molecule has 1 aliphatic rings. The normalized spacial score (nSPS) is 17.0. The van der Waals surface area contributed by atoms with E-state index in [1.807, 2.05) is 18.7 Å². The molecule has 3 heterocycles. The maximum Gasteiger partial charge on any atom is 0.257 e. The first-order chi connectivity index (χ1) is 14.0. The molecule has 7 heteroatoms. The number of nitrogens with one attached hydrogen (secondary N) is 1. The fourth-order valence-electron chi connectivity index (χ4n) is 3.79. The molecular formula is C22H24FN5O. The molecule has 4 rings (SSSR count). The van der Waals surface area contributed by atoms with Crippen molar-refractivity contribution < 1.29 is 9.18 Å². The van der Waals surface area contributed by atoms with E-state index in [-0.39, 0.29) is 23.6 Å². The molecule has 1 amide bonds. The monoisotopic (exact) mass is 393 g/mol. The number of benzene rings is 1. The molecule has 3 aromatic rings. The Kier molecular flexibility index (Phi) is 5.38. The number of hydrogen-bond acceptors (Lipinski definition) is 4. The summed E-state index contributed by atoms with van der Waals surface area (Å²) in [7, 11) is 0. The first kappa shape index (κ1) is 19.2. The number of rotatable bonds is 4. The van der Waals surface area contributed by atoms with Gasteiger partial charge >= 0.3 is 0 Å². The molecule has 2 aromatic heterocycles. The van der Waals surface area contributed by atoms with Gasteiger partial charge in [-0.2, -0.15) is 5.10 Å². The molecule has 1 atom stereocenters. The lowest BCUT2D eigenvalue weighted by Crippen LogP contribution is -2.39. The number of carbonyl (C=O) groups excluding carboxylic acids is 1. The van der Waals surface area contributed by atoms with Crippen molar-refractivity contribution in [3.8, 4) is 11.1 Å². The van der Waals surface area contributed by atoms with E-state index >= 15 is 0 Å². The molecule has 1 aromatic carbocycles. The fraction of sp³-hybridized carbons (Fsp3) is 0.364. The molecule has 1 aliphatic heterocycles. The van der Waals surface area contributed by atoms with Crippen molar-refractivity contribution in [3.05, 3.63) is 65.8 Å². The lowest BCUT2D eigenvalue weighted by molar-refractivity contribution is 0.0705. The van der Waals surface area contributed by atoms with Crippen molar-refractivity contribution in [2.75, 3.05) is 13.1 Å². The minimum absolute atomic E-state index is 0.0483. The van der Waals surface area contributed by atoms with Crippen molar-refractivity contribution in [3.63, 3.8) is 0 Å². The second-order valence-electron chi connectivity index (χ2n) is 7.78. The number of halogens is 1. The number of nitrogens with zero attached hydrogens (tertiary/aromatic N) is 4. The van der Waals surface area contributed by atoms with E-state index in [0.717, 1.165) is 35.5 Å². The number of H-pyrrole nitrogens is 1. The summed E-state index contributed by atoms with van der Waals surface area (Å²) < 4.78 is 13.3. The third-order valence-corrected chi connectivity index (χ3v) is 5.38. The Hall–Kier alpha value is -3.09. The highest BCUT2D eigenvalue weighted by Crippen LogP contribution is 2.33. The van der Waals surface area contributed by atoms with Crippen molar-refractivity contribution in [1.29, 1.82) is 0 Å². The smallest absolute Gasteiger partial charge is 0.257 e. The van der Waals surface area contributed by atoms with Crippen LogP contribution in [-0.4, -0.2) is 44.1 Å². The average Bonchev–Trinajstić information content (AvgIpc) is 3.24. The summed E-state index contributed by atoms with van der Waals surface area (Å²) in [4.78, 5) is 23.5. The highest BCUT2D eigenvalue weighted by Gasteiger charge is 2.28. The van der Waals surface area contributed by atoms with Gasteiger partial charge in [0.2, 0.25) is 0 Å². The Morgan fingerprint density at radius 1 is 1.17 bits per heavy atom. The predicted molar refractivity (Wildman–Crippen MR) is 108 cm³/mol. The summed E-state index contributed by atoms with van der Waals surface area (Å²) >= 11 is 0. The van der Waals surface area contributed by atoms with Gasteiger partial charge in [0.25, 0.3) is 5.91 Å². The molecule has 0 radical (unpaired) electrons. The zero-order valence-corrected chi connectivity index (χ0v) is 16.6. The van der Waals surface area contributed by atoms with Crippen LogP contribution >= 0.6 is 0 Å². The van der Waals surface area contributed by atoms with Gasteiger partial charge in [0.15, 0.2) is 0 Å². The fourth-order valence-corrected chi connectivity index (χ4v) is 3.79. The number of amides is 1. The molecule has 29 heavy (non-hydrogen) atoms. The van der Waals surface area contributed by atoms with E-state index in [2.05, 4.69) is 20.2 Å². The summed E-state index contributed by atoms with van der Waals surface area (Å²) in [5, 5.41) is 7.31. The minimum atomic E-state index is -0.265. The molecule has 0 saturated carbocycles. The summed E-state index contributed by atoms with van der Waals surface area (Å²) in [6.07, 6.45) is 6.87. The molecule has 6 nitrogen and oxygen atoms in total. The molecule has 1 saturated heterocycles. The number of aromatic amines is 1. The third-order valence-electron chi connectivity index (χ3n) is 5.38. The van der Waals surface area contributed by atoms with E-state index in [1.54, 1.807) is 30.7 Å². The van der Waals surface area contributed by atoms with Crippen LogP contribution in [0.5, 0.6) is 0 Å². The van der Waals surface area contributed by atoms with Crippen molar-refractivity contribution in [1.82, 2.24) is 25.1 Å². The molecule has 1 N–H and O–H groups in total. The number of piperidine rings is 1. The molecule has 0 bridgehead atoms. The van der Waals surface area contributed by atoms with Gasteiger partial charge in [-0.1, -0.05) is 26.0 Å². The van der Waals surface area contributed by atoms with Crippen molar-refractivity contribution >= 4 is 5.91 Å². The minimum Gasteiger partial charge on any atom is -0.338 e. The number of aromatic nitrogens is 4. The molecule has 0 spiro atoms. The van der Waals surface area contributed by atoms with Crippen LogP contribution in [0.2, 0.25) is 0 Å². The molecule has 0 aliphatic carbocycles. The Morgan fingerprint density at radius 2 is 1.90 bits per heavy atom. The maximum atomic E-state index is 13.3. The SMILES string of the molecule is CC(C)c1ncc(C(=O)N2CCCC(c3[nH]ncc3-c3ccc(F)cc3)C2)cn1. The number of carbonyl (C=O) groups is 1. The van der Waals surface area contributed by atoms with Crippen LogP contribution in [0.15, 0.2) is 42.9 Å². The Bertz CT molecular complexity index is 981. The van der Waals surface area contributed by atoms with E-state index in [4.69, 9.17) is 0 Å². The molecule has 150 valence electrons. The van der Waals surface area contributed by atoms with Crippen LogP contribution in [0.1, 0.15) is 60.4 Å². The second kappa shape index (κ2) is 8.11. The van der Waals surface area contributed by atoms with Crippen LogP contribution in [0.25, 0.3) is 11.1 Å². The van der Waals surface area contributed by atoms with Crippen LogP contribution in [0.4, 0.5) is 4.39 Å². The van der Waals surface area contributed by atoms with Crippen molar-refractivity contribution in [2.24, 2.45) is 0 Å². The molecule has 1 fully saturated rings. The van der Waals surface area contributed by atoms with E-state index < -0.39 is 0 Å². The van der Waals surface area contributed by atoms with Gasteiger partial charge in [0.05, 0.1) is 11.8 Å². The highest BCUT2D eigenvalue weighted by molar-refractivity contribution is 5.93. The van der Waals surface area contributed by atoms with Gasteiger partial charge in [-0.05, 0) is 30.5 Å². The van der Waals surface area contributed by atoms with Gasteiger partial charge in [-0.15, -0.1) is 0 Å². The van der Waals surface area contributed by atoms with Crippen LogP contribution < -0.4 is 0 Å². The molecule has 1 unspecified atom stereocenters. The summed E-state index contributed by atoms with van der Waals surface area (Å²) in [5.74, 6) is 0.793. The Balaban J connectivity index is 1.52. The lowest BCUT2D eigenvalue weighted by atomic mass is 9.90. The second-order valence-corrected chi connectivity index (χ2v) is 7.78. The van der Waals surface area contributed by atoms with Gasteiger partial charge < -0.3 is 4.90 Å². The number of hydrogen-bond donors (Lipinski definition) is 1. The van der Waals surface area contributed by atoms with Crippen LogP contribution in [0, 0.1) is 5.82 Å². The quantitative estimate of drug-likeness (QED) is 0.723. The topological polar surface area (TPSA) is 74.8 Å². The predicted octanol–water partition coefficient (Wildman–Crippen LogP) is 4.15. The summed E-state index contributed by atoms with van der Waals surface area (Å²) in [5.41, 5.74) is 3.36. The largest absolute Gasteiger partial charge is 0.338 e. The van der Waals surface area contributed by atoms with E-state index in [0.29, 0.717) is 18.7 Å². The lowest BCUT2D eigenvalue weighted by Gasteiger charge is -2.32. The number of likely N-dealkylation sites (tertiary alicyclic amines) is 1. The summed E-state index contributed by atoms with van der Waals surface area (Å²) in [6.45, 7) is 5.35. The average molecular weight is 393 g/mol. The van der Waals surface area contributed by atoms with Gasteiger partial charge in [0, 0.05) is 48.6 Å². The first-order valence-electron chi connectivity index (χ1n) is 9.93. The van der Waals surface area contributed by atoms with Gasteiger partial charge in [0.1, 0.15) is 11.6 Å². The van der Waals surface area contributed by atoms with E-state index in [1.165, 1.54) is 12.1 Å². The third kappa shape index (κ3) is 4.04. The zero-order valence-electron chi connectivity index (χ0n) is 16.6. The maximum absolute atomic E-state index is 13.3. The summed E-state index contributed by atoms with van der Waals surface area (Å²) in [6, 6.07) is 6.40. The first-order valence-corrected chi connectivity index (χ1v) is 9.93. The van der Waals surface area contributed by atoms with E-state index in [9.17, 15) is 9.18 Å². The van der Waals surface area contributed by atoms with Gasteiger partial charge in [-0.25, -0.2) is 14.4 Å². The standard InChI is InChI=1S/C22H24FN5O/c1-14(2)21-24-10-17(11-25-21)22(29)28-9-3-4-16(13-28)20-19(12-26-27-20)15-5-7-18(23)8-6-15/h5-8,10-12,14,16H,3-4,9,13H2,1-2H3,(H,26,27). The zero-order chi connectivity index (χ0) is 20.4. The Labute approximate surface area is 169 Å². The Morgan fingerprint density at radius 3 is 2.59 bits per heavy atom. The van der Waals surface area contributed by atoms with Gasteiger partial charge in [-0.3, -0.25) is 9.89 Å². The van der Waals surface area contributed by atoms with Crippen molar-refractivity contribution in [2.45, 2.75) is 38.5 Å². The highest BCUT2D eigenvalue weighted by atomic mass is 19.1.